The Balaban J connectivity index is 1.86. The van der Waals surface area contributed by atoms with E-state index in [0.29, 0.717) is 29.7 Å². The second-order valence-electron chi connectivity index (χ2n) is 6.81. The Hall–Kier alpha value is -2.41. The minimum Gasteiger partial charge on any atom is -0.480 e. The minimum atomic E-state index is -0.838. The minimum absolute atomic E-state index is 0.355. The van der Waals surface area contributed by atoms with Gasteiger partial charge < -0.3 is 10.0 Å². The maximum absolute atomic E-state index is 11.6. The molecule has 0 saturated carbocycles. The van der Waals surface area contributed by atoms with E-state index in [-0.39, 0.29) is 0 Å². The van der Waals surface area contributed by atoms with E-state index in [0.717, 1.165) is 27.8 Å². The normalized spacial score (nSPS) is 17.8. The van der Waals surface area contributed by atoms with Crippen LogP contribution in [0.25, 0.3) is 22.0 Å². The maximum Gasteiger partial charge on any atom is 0.322 e. The number of carboxylic acids is 1. The molecule has 28 heavy (non-hydrogen) atoms. The zero-order valence-electron chi connectivity index (χ0n) is 15.1. The molecule has 1 aliphatic rings. The zero-order valence-corrected chi connectivity index (χ0v) is 16.7. The molecule has 0 spiro atoms. The fourth-order valence-electron chi connectivity index (χ4n) is 3.57. The van der Waals surface area contributed by atoms with Gasteiger partial charge in [-0.2, -0.15) is 0 Å². The zero-order chi connectivity index (χ0) is 19.8. The number of hydrogen-bond donors (Lipinski definition) is 1. The number of nitrogens with zero attached hydrogens (tertiary/aromatic N) is 4. The second kappa shape index (κ2) is 7.54. The van der Waals surface area contributed by atoms with Crippen molar-refractivity contribution in [1.29, 1.82) is 0 Å². The summed E-state index contributed by atoms with van der Waals surface area (Å²) in [5, 5.41) is 11.4. The Morgan fingerprint density at radius 1 is 1.14 bits per heavy atom. The third-order valence-corrected chi connectivity index (χ3v) is 5.85. The first-order valence-corrected chi connectivity index (χ1v) is 9.58. The molecule has 8 heteroatoms. The van der Waals surface area contributed by atoms with Crippen LogP contribution in [0.5, 0.6) is 0 Å². The number of rotatable bonds is 3. The SMILES string of the molecule is CN1CCN(c2ncnc3cccc(-c4ccc(Cl)c(Cl)c4)c23)CC1C(=O)O. The first kappa shape index (κ1) is 18.9. The fourth-order valence-corrected chi connectivity index (χ4v) is 3.87. The van der Waals surface area contributed by atoms with Gasteiger partial charge in [-0.3, -0.25) is 9.69 Å². The molecular weight excluding hydrogens is 399 g/mol. The molecule has 1 unspecified atom stereocenters. The highest BCUT2D eigenvalue weighted by atomic mass is 35.5. The van der Waals surface area contributed by atoms with Gasteiger partial charge in [0.2, 0.25) is 0 Å². The molecule has 1 atom stereocenters. The van der Waals surface area contributed by atoms with Gasteiger partial charge in [-0.15, -0.1) is 0 Å². The molecule has 0 amide bonds. The molecule has 6 nitrogen and oxygen atoms in total. The summed E-state index contributed by atoms with van der Waals surface area (Å²) in [6.07, 6.45) is 1.52. The van der Waals surface area contributed by atoms with Crippen molar-refractivity contribution in [3.63, 3.8) is 0 Å². The summed E-state index contributed by atoms with van der Waals surface area (Å²) in [5.74, 6) is -0.110. The van der Waals surface area contributed by atoms with Gasteiger partial charge in [0.15, 0.2) is 0 Å². The summed E-state index contributed by atoms with van der Waals surface area (Å²) in [6.45, 7) is 1.67. The molecule has 3 aromatic rings. The van der Waals surface area contributed by atoms with Crippen LogP contribution in [0, 0.1) is 0 Å². The van der Waals surface area contributed by atoms with E-state index >= 15 is 0 Å². The van der Waals surface area contributed by atoms with Crippen molar-refractivity contribution in [2.24, 2.45) is 0 Å². The maximum atomic E-state index is 11.6. The summed E-state index contributed by atoms with van der Waals surface area (Å²) in [5.41, 5.74) is 2.62. The lowest BCUT2D eigenvalue weighted by Gasteiger charge is -2.38. The predicted molar refractivity (Wildman–Crippen MR) is 111 cm³/mol. The lowest BCUT2D eigenvalue weighted by atomic mass is 10.00. The highest BCUT2D eigenvalue weighted by Gasteiger charge is 2.31. The van der Waals surface area contributed by atoms with Gasteiger partial charge >= 0.3 is 5.97 Å². The molecule has 1 aliphatic heterocycles. The van der Waals surface area contributed by atoms with Gasteiger partial charge in [-0.05, 0) is 36.4 Å². The van der Waals surface area contributed by atoms with Crippen molar-refractivity contribution < 1.29 is 9.90 Å². The van der Waals surface area contributed by atoms with Gasteiger partial charge in [0.1, 0.15) is 18.2 Å². The molecule has 0 bridgehead atoms. The van der Waals surface area contributed by atoms with Gasteiger partial charge in [-0.25, -0.2) is 9.97 Å². The fraction of sp³-hybridized carbons (Fsp3) is 0.250. The van der Waals surface area contributed by atoms with E-state index in [1.165, 1.54) is 6.33 Å². The van der Waals surface area contributed by atoms with Crippen LogP contribution in [0.3, 0.4) is 0 Å². The van der Waals surface area contributed by atoms with Crippen LogP contribution in [0.2, 0.25) is 10.0 Å². The summed E-state index contributed by atoms with van der Waals surface area (Å²) in [7, 11) is 1.83. The van der Waals surface area contributed by atoms with E-state index in [2.05, 4.69) is 9.97 Å². The number of piperazine rings is 1. The number of aliphatic carboxylic acids is 1. The Morgan fingerprint density at radius 3 is 2.71 bits per heavy atom. The third kappa shape index (κ3) is 3.39. The largest absolute Gasteiger partial charge is 0.480 e. The Morgan fingerprint density at radius 2 is 1.96 bits per heavy atom. The van der Waals surface area contributed by atoms with Crippen LogP contribution in [-0.2, 0) is 4.79 Å². The topological polar surface area (TPSA) is 69.6 Å². The predicted octanol–water partition coefficient (Wildman–Crippen LogP) is 3.81. The van der Waals surface area contributed by atoms with Gasteiger partial charge in [-0.1, -0.05) is 41.4 Å². The van der Waals surface area contributed by atoms with Crippen molar-refractivity contribution in [3.05, 3.63) is 52.8 Å². The number of fused-ring (bicyclic) bond motifs is 1. The quantitative estimate of drug-likeness (QED) is 0.699. The number of hydrogen-bond acceptors (Lipinski definition) is 5. The lowest BCUT2D eigenvalue weighted by molar-refractivity contribution is -0.142. The monoisotopic (exact) mass is 416 g/mol. The molecular formula is C20H18Cl2N4O2. The first-order valence-electron chi connectivity index (χ1n) is 8.83. The van der Waals surface area contributed by atoms with Gasteiger partial charge in [0, 0.05) is 19.6 Å². The third-order valence-electron chi connectivity index (χ3n) is 5.11. The van der Waals surface area contributed by atoms with Crippen molar-refractivity contribution in [1.82, 2.24) is 14.9 Å². The molecule has 0 radical (unpaired) electrons. The van der Waals surface area contributed by atoms with Gasteiger partial charge in [0.25, 0.3) is 0 Å². The molecule has 1 N–H and O–H groups in total. The van der Waals surface area contributed by atoms with Crippen molar-refractivity contribution >= 4 is 45.9 Å². The Bertz CT molecular complexity index is 1050. The number of aromatic nitrogens is 2. The van der Waals surface area contributed by atoms with E-state index in [1.807, 2.05) is 47.2 Å². The molecule has 1 saturated heterocycles. The highest BCUT2D eigenvalue weighted by molar-refractivity contribution is 6.42. The van der Waals surface area contributed by atoms with Crippen LogP contribution in [0.15, 0.2) is 42.7 Å². The average molecular weight is 417 g/mol. The molecule has 144 valence electrons. The molecule has 1 aromatic heterocycles. The number of anilines is 1. The van der Waals surface area contributed by atoms with Crippen LogP contribution in [0.4, 0.5) is 5.82 Å². The van der Waals surface area contributed by atoms with Crippen molar-refractivity contribution in [3.8, 4) is 11.1 Å². The molecule has 2 aromatic carbocycles. The van der Waals surface area contributed by atoms with Crippen LogP contribution in [-0.4, -0.2) is 58.7 Å². The van der Waals surface area contributed by atoms with Crippen LogP contribution >= 0.6 is 23.2 Å². The van der Waals surface area contributed by atoms with E-state index in [9.17, 15) is 9.90 Å². The molecule has 2 heterocycles. The molecule has 4 rings (SSSR count). The molecule has 0 aliphatic carbocycles. The Kier molecular flexibility index (Phi) is 5.10. The standard InChI is InChI=1S/C20H18Cl2N4O2/c1-25-7-8-26(10-17(25)20(27)28)19-18-13(3-2-4-16(18)23-11-24-19)12-5-6-14(21)15(22)9-12/h2-6,9,11,17H,7-8,10H2,1H3,(H,27,28). The van der Waals surface area contributed by atoms with E-state index in [1.54, 1.807) is 6.07 Å². The molecule has 1 fully saturated rings. The second-order valence-corrected chi connectivity index (χ2v) is 7.62. The van der Waals surface area contributed by atoms with Crippen LogP contribution in [0.1, 0.15) is 0 Å². The number of likely N-dealkylation sites (N-methyl/N-ethyl adjacent to an activating group) is 1. The van der Waals surface area contributed by atoms with Gasteiger partial charge in [0.05, 0.1) is 20.9 Å². The number of carbonyl (C=O) groups is 1. The summed E-state index contributed by atoms with van der Waals surface area (Å²) >= 11 is 12.3. The smallest absolute Gasteiger partial charge is 0.322 e. The Labute approximate surface area is 172 Å². The summed E-state index contributed by atoms with van der Waals surface area (Å²) in [6, 6.07) is 10.7. The van der Waals surface area contributed by atoms with Crippen molar-refractivity contribution in [2.45, 2.75) is 6.04 Å². The van der Waals surface area contributed by atoms with Crippen LogP contribution < -0.4 is 4.90 Å². The number of halogens is 2. The summed E-state index contributed by atoms with van der Waals surface area (Å²) in [4.78, 5) is 24.4. The average Bonchev–Trinajstić information content (AvgIpc) is 2.69. The number of carboxylic acid groups (broad SMARTS) is 1. The summed E-state index contributed by atoms with van der Waals surface area (Å²) < 4.78 is 0. The van der Waals surface area contributed by atoms with E-state index < -0.39 is 12.0 Å². The highest BCUT2D eigenvalue weighted by Crippen LogP contribution is 2.36. The number of benzene rings is 2. The first-order chi connectivity index (χ1) is 13.5. The lowest BCUT2D eigenvalue weighted by Crippen LogP contribution is -2.55. The van der Waals surface area contributed by atoms with E-state index in [4.69, 9.17) is 23.2 Å². The van der Waals surface area contributed by atoms with Crippen molar-refractivity contribution in [2.75, 3.05) is 31.6 Å².